The highest BCUT2D eigenvalue weighted by molar-refractivity contribution is 14.1. The number of hydrogen-bond donors (Lipinski definition) is 1. The smallest absolute Gasteiger partial charge is 0.0647 e. The second kappa shape index (κ2) is 3.16. The van der Waals surface area contributed by atoms with Gasteiger partial charge in [0.2, 0.25) is 0 Å². The molecule has 1 heterocycles. The Morgan fingerprint density at radius 1 is 1.67 bits per heavy atom. The van der Waals surface area contributed by atoms with Crippen molar-refractivity contribution >= 4 is 22.6 Å². The normalized spacial score (nSPS) is 35.3. The lowest BCUT2D eigenvalue weighted by molar-refractivity contribution is 0.177. The molecule has 1 saturated heterocycles. The van der Waals surface area contributed by atoms with Crippen LogP contribution in [-0.2, 0) is 4.74 Å². The largest absolute Gasteiger partial charge is 0.379 e. The number of nitrogens with two attached hydrogens (primary N) is 1. The van der Waals surface area contributed by atoms with E-state index in [2.05, 4.69) is 22.6 Å². The number of ether oxygens (including phenoxy) is 1. The molecular formula is C6H12INO. The minimum atomic E-state index is 0.0151. The van der Waals surface area contributed by atoms with Crippen LogP contribution in [0.4, 0.5) is 0 Å². The Bertz CT molecular complexity index is 91.1. The topological polar surface area (TPSA) is 35.2 Å². The van der Waals surface area contributed by atoms with E-state index in [1.807, 2.05) is 0 Å². The van der Waals surface area contributed by atoms with Crippen LogP contribution in [0, 0.1) is 0 Å². The molecule has 1 fully saturated rings. The molecule has 0 spiro atoms. The van der Waals surface area contributed by atoms with Crippen LogP contribution in [0.15, 0.2) is 0 Å². The third kappa shape index (κ3) is 2.05. The molecule has 3 heteroatoms. The highest BCUT2D eigenvalue weighted by Crippen LogP contribution is 2.19. The Hall–Kier alpha value is 0.650. The Balaban J connectivity index is 2.32. The molecule has 0 saturated carbocycles. The van der Waals surface area contributed by atoms with Gasteiger partial charge < -0.3 is 10.5 Å². The van der Waals surface area contributed by atoms with Gasteiger partial charge in [0, 0.05) is 16.6 Å². The van der Waals surface area contributed by atoms with Crippen LogP contribution in [-0.4, -0.2) is 23.2 Å². The first kappa shape index (κ1) is 7.75. The molecule has 54 valence electrons. The van der Waals surface area contributed by atoms with E-state index >= 15 is 0 Å². The number of rotatable bonds is 2. The molecule has 1 aliphatic heterocycles. The summed E-state index contributed by atoms with van der Waals surface area (Å²) in [5.74, 6) is 0. The lowest BCUT2D eigenvalue weighted by atomic mass is 9.97. The minimum Gasteiger partial charge on any atom is -0.379 e. The number of alkyl halides is 1. The Kier molecular flexibility index (Phi) is 2.73. The monoisotopic (exact) mass is 241 g/mol. The maximum absolute atomic E-state index is 5.94. The first-order valence-electron chi connectivity index (χ1n) is 3.19. The van der Waals surface area contributed by atoms with Crippen LogP contribution in [0.3, 0.4) is 0 Å². The molecular weight excluding hydrogens is 229 g/mol. The van der Waals surface area contributed by atoms with Crippen molar-refractivity contribution in [2.45, 2.75) is 18.4 Å². The summed E-state index contributed by atoms with van der Waals surface area (Å²) in [6.45, 7) is 1.61. The van der Waals surface area contributed by atoms with E-state index in [0.717, 1.165) is 30.5 Å². The van der Waals surface area contributed by atoms with Gasteiger partial charge in [-0.3, -0.25) is 0 Å². The van der Waals surface area contributed by atoms with Crippen molar-refractivity contribution in [3.8, 4) is 0 Å². The zero-order chi connectivity index (χ0) is 6.74. The molecule has 0 radical (unpaired) electrons. The van der Waals surface area contributed by atoms with Crippen molar-refractivity contribution in [1.29, 1.82) is 0 Å². The van der Waals surface area contributed by atoms with Gasteiger partial charge in [0.25, 0.3) is 0 Å². The van der Waals surface area contributed by atoms with E-state index in [1.54, 1.807) is 0 Å². The summed E-state index contributed by atoms with van der Waals surface area (Å²) < 4.78 is 6.32. The number of halogens is 1. The van der Waals surface area contributed by atoms with Crippen molar-refractivity contribution in [2.75, 3.05) is 17.6 Å². The first-order chi connectivity index (χ1) is 4.27. The Labute approximate surface area is 69.3 Å². The third-order valence-corrected chi connectivity index (χ3v) is 2.27. The van der Waals surface area contributed by atoms with Gasteiger partial charge in [0.05, 0.1) is 6.61 Å². The fourth-order valence-electron chi connectivity index (χ4n) is 1.01. The van der Waals surface area contributed by atoms with Gasteiger partial charge in [-0.15, -0.1) is 0 Å². The average Bonchev–Trinajstić information content (AvgIpc) is 2.16. The van der Waals surface area contributed by atoms with E-state index in [0.29, 0.717) is 0 Å². The van der Waals surface area contributed by atoms with Gasteiger partial charge in [-0.05, 0) is 12.8 Å². The predicted octanol–water partition coefficient (Wildman–Crippen LogP) is 0.929. The summed E-state index contributed by atoms with van der Waals surface area (Å²) in [5.41, 5.74) is 5.95. The zero-order valence-electron chi connectivity index (χ0n) is 5.40. The molecule has 0 aromatic heterocycles. The lowest BCUT2D eigenvalue weighted by Crippen LogP contribution is -2.40. The van der Waals surface area contributed by atoms with Crippen molar-refractivity contribution in [3.63, 3.8) is 0 Å². The van der Waals surface area contributed by atoms with Crippen molar-refractivity contribution in [2.24, 2.45) is 5.73 Å². The van der Waals surface area contributed by atoms with E-state index in [-0.39, 0.29) is 5.54 Å². The van der Waals surface area contributed by atoms with Gasteiger partial charge in [-0.1, -0.05) is 22.6 Å². The molecule has 9 heavy (non-hydrogen) atoms. The van der Waals surface area contributed by atoms with Gasteiger partial charge in [0.1, 0.15) is 0 Å². The van der Waals surface area contributed by atoms with Crippen LogP contribution in [0.25, 0.3) is 0 Å². The van der Waals surface area contributed by atoms with Crippen LogP contribution in [0.1, 0.15) is 12.8 Å². The summed E-state index contributed by atoms with van der Waals surface area (Å²) >= 11 is 2.35. The van der Waals surface area contributed by atoms with Crippen molar-refractivity contribution in [1.82, 2.24) is 0 Å². The molecule has 2 nitrogen and oxygen atoms in total. The SMILES string of the molecule is NC1(CCI)CCOC1. The average molecular weight is 241 g/mol. The molecule has 0 aromatic carbocycles. The quantitative estimate of drug-likeness (QED) is 0.576. The molecule has 0 aliphatic carbocycles. The van der Waals surface area contributed by atoms with Crippen LogP contribution >= 0.6 is 22.6 Å². The maximum atomic E-state index is 5.94. The standard InChI is InChI=1S/C6H12INO/c7-3-1-6(8)2-4-9-5-6/h1-5,8H2. The molecule has 0 amide bonds. The second-order valence-electron chi connectivity index (χ2n) is 2.60. The lowest BCUT2D eigenvalue weighted by Gasteiger charge is -2.19. The van der Waals surface area contributed by atoms with E-state index < -0.39 is 0 Å². The molecule has 1 rings (SSSR count). The summed E-state index contributed by atoms with van der Waals surface area (Å²) in [7, 11) is 0. The number of hydrogen-bond acceptors (Lipinski definition) is 2. The molecule has 1 atom stereocenters. The van der Waals surface area contributed by atoms with Gasteiger partial charge in [-0.25, -0.2) is 0 Å². The van der Waals surface area contributed by atoms with E-state index in [1.165, 1.54) is 0 Å². The highest BCUT2D eigenvalue weighted by Gasteiger charge is 2.28. The van der Waals surface area contributed by atoms with Gasteiger partial charge in [-0.2, -0.15) is 0 Å². The first-order valence-corrected chi connectivity index (χ1v) is 4.72. The van der Waals surface area contributed by atoms with Crippen LogP contribution in [0.5, 0.6) is 0 Å². The third-order valence-electron chi connectivity index (χ3n) is 1.73. The fraction of sp³-hybridized carbons (Fsp3) is 1.00. The van der Waals surface area contributed by atoms with Crippen molar-refractivity contribution < 1.29 is 4.74 Å². The summed E-state index contributed by atoms with van der Waals surface area (Å²) in [4.78, 5) is 0. The van der Waals surface area contributed by atoms with Crippen LogP contribution in [0.2, 0.25) is 0 Å². The van der Waals surface area contributed by atoms with Gasteiger partial charge >= 0.3 is 0 Å². The minimum absolute atomic E-state index is 0.0151. The molecule has 0 aromatic rings. The highest BCUT2D eigenvalue weighted by atomic mass is 127. The molecule has 1 aliphatic rings. The summed E-state index contributed by atoms with van der Waals surface area (Å²) in [5, 5.41) is 0. The summed E-state index contributed by atoms with van der Waals surface area (Å²) in [6.07, 6.45) is 2.13. The molecule has 1 unspecified atom stereocenters. The Morgan fingerprint density at radius 2 is 2.44 bits per heavy atom. The van der Waals surface area contributed by atoms with Gasteiger partial charge in [0.15, 0.2) is 0 Å². The van der Waals surface area contributed by atoms with E-state index in [4.69, 9.17) is 10.5 Å². The summed E-state index contributed by atoms with van der Waals surface area (Å²) in [6, 6.07) is 0. The molecule has 0 bridgehead atoms. The maximum Gasteiger partial charge on any atom is 0.0647 e. The fourth-order valence-corrected chi connectivity index (χ4v) is 2.08. The van der Waals surface area contributed by atoms with Crippen LogP contribution < -0.4 is 5.73 Å². The van der Waals surface area contributed by atoms with Crippen molar-refractivity contribution in [3.05, 3.63) is 0 Å². The predicted molar refractivity (Wildman–Crippen MR) is 45.9 cm³/mol. The zero-order valence-corrected chi connectivity index (χ0v) is 7.56. The second-order valence-corrected chi connectivity index (χ2v) is 3.68. The Morgan fingerprint density at radius 3 is 2.89 bits per heavy atom. The van der Waals surface area contributed by atoms with E-state index in [9.17, 15) is 0 Å². The molecule has 2 N–H and O–H groups in total.